The quantitative estimate of drug-likeness (QED) is 0.146. The molecule has 0 saturated heterocycles. The van der Waals surface area contributed by atoms with Crippen LogP contribution in [0, 0.1) is 0 Å². The van der Waals surface area contributed by atoms with Crippen molar-refractivity contribution in [2.45, 2.75) is 180 Å². The van der Waals surface area contributed by atoms with Crippen molar-refractivity contribution in [3.63, 3.8) is 0 Å². The number of halogens is 9. The molecule has 0 unspecified atom stereocenters. The second-order valence-corrected chi connectivity index (χ2v) is 35.7. The van der Waals surface area contributed by atoms with Gasteiger partial charge >= 0.3 is 11.4 Å². The van der Waals surface area contributed by atoms with Gasteiger partial charge in [-0.15, -0.1) is 0 Å². The van der Waals surface area contributed by atoms with E-state index in [0.29, 0.717) is 17.5 Å². The third kappa shape index (κ3) is 20.7. The van der Waals surface area contributed by atoms with E-state index in [1.54, 1.807) is 11.1 Å². The van der Waals surface area contributed by atoms with E-state index in [1.165, 1.54) is 202 Å². The molecule has 0 bridgehead atoms. The molecule has 22 heteroatoms. The van der Waals surface area contributed by atoms with Gasteiger partial charge in [0.05, 0.1) is 0 Å². The Bertz CT molecular complexity index is 4490. The zero-order valence-corrected chi connectivity index (χ0v) is 65.8. The summed E-state index contributed by atoms with van der Waals surface area (Å²) in [5.41, 5.74) is 26.9. The fourth-order valence-corrected chi connectivity index (χ4v) is 16.2. The van der Waals surface area contributed by atoms with Gasteiger partial charge in [0, 0.05) is 33.4 Å². The highest BCUT2D eigenvalue weighted by atomic mass is 35.8. The first-order valence-electron chi connectivity index (χ1n) is 36.4. The van der Waals surface area contributed by atoms with Crippen molar-refractivity contribution in [2.24, 2.45) is 0 Å². The van der Waals surface area contributed by atoms with Gasteiger partial charge in [0.15, 0.2) is 34.9 Å². The molecule has 18 rings (SSSR count). The van der Waals surface area contributed by atoms with Crippen LogP contribution in [0.5, 0.6) is 0 Å². The first kappa shape index (κ1) is 75.9. The van der Waals surface area contributed by atoms with Gasteiger partial charge in [-0.25, -0.2) is 50.1 Å². The minimum Gasteiger partial charge on any atom is -0.214 e. The normalized spacial score (nSPS) is 15.0. The molecule has 11 aromatic rings. The Labute approximate surface area is 656 Å². The first-order valence-corrected chi connectivity index (χ1v) is 43.9. The Morgan fingerprint density at radius 2 is 0.327 bits per heavy atom. The Morgan fingerprint density at radius 1 is 0.183 bits per heavy atom. The second-order valence-electron chi connectivity index (χ2n) is 27.3. The van der Waals surface area contributed by atoms with Gasteiger partial charge in [0.2, 0.25) is 31.7 Å². The molecule has 104 heavy (non-hydrogen) atoms. The lowest BCUT2D eigenvalue weighted by molar-refractivity contribution is 0.685. The Morgan fingerprint density at radius 3 is 0.529 bits per heavy atom. The molecule has 0 radical (unpaired) electrons. The third-order valence-corrected chi connectivity index (χ3v) is 21.3. The summed E-state index contributed by atoms with van der Waals surface area (Å²) in [6.07, 6.45) is 34.6. The van der Waals surface area contributed by atoms with Gasteiger partial charge in [-0.3, -0.25) is 0 Å². The molecule has 0 saturated carbocycles. The molecule has 12 nitrogen and oxygen atoms in total. The molecule has 4 heterocycles. The van der Waals surface area contributed by atoms with Crippen LogP contribution in [0.2, 0.25) is 31.7 Å². The molecule has 0 amide bonds. The fourth-order valence-electron chi connectivity index (χ4n) is 15.0. The van der Waals surface area contributed by atoms with Crippen LogP contribution < -0.4 is 0 Å². The molecule has 7 aromatic carbocycles. The predicted molar refractivity (Wildman–Crippen MR) is 428 cm³/mol. The summed E-state index contributed by atoms with van der Waals surface area (Å²) in [6, 6.07) is 48.8. The van der Waals surface area contributed by atoms with Crippen molar-refractivity contribution in [1.82, 2.24) is 59.8 Å². The molecular weight excluding hydrogens is 1500 g/mol. The van der Waals surface area contributed by atoms with E-state index in [9.17, 15) is 0 Å². The summed E-state index contributed by atoms with van der Waals surface area (Å²) in [5, 5.41) is 0.510. The predicted octanol–water partition coefficient (Wildman–Crippen LogP) is 22.9. The van der Waals surface area contributed by atoms with Gasteiger partial charge in [-0.1, -0.05) is 97.1 Å². The largest absolute Gasteiger partial charge is 0.643 e. The van der Waals surface area contributed by atoms with Crippen LogP contribution in [0.1, 0.15) is 168 Å². The Balaban J connectivity index is 0.000000124. The molecule has 0 spiro atoms. The van der Waals surface area contributed by atoms with Gasteiger partial charge in [-0.05, 0) is 364 Å². The van der Waals surface area contributed by atoms with Gasteiger partial charge in [0.1, 0.15) is 0 Å². The summed E-state index contributed by atoms with van der Waals surface area (Å²) >= 11 is 32.1. The van der Waals surface area contributed by atoms with E-state index >= 15 is 0 Å². The first-order chi connectivity index (χ1) is 50.7. The van der Waals surface area contributed by atoms with E-state index in [0.717, 1.165) is 95.8 Å². The van der Waals surface area contributed by atoms with Gasteiger partial charge in [-0.2, -0.15) is 39.9 Å². The number of fused-ring (bicyclic) bond motifs is 7. The summed E-state index contributed by atoms with van der Waals surface area (Å²) in [5.74, 6) is 4.23. The lowest BCUT2D eigenvalue weighted by Gasteiger charge is -2.18. The van der Waals surface area contributed by atoms with Crippen LogP contribution in [0.3, 0.4) is 0 Å². The maximum absolute atomic E-state index is 6.27. The van der Waals surface area contributed by atoms with E-state index in [4.69, 9.17) is 120 Å². The van der Waals surface area contributed by atoms with Crippen molar-refractivity contribution in [1.29, 1.82) is 0 Å². The van der Waals surface area contributed by atoms with E-state index in [2.05, 4.69) is 167 Å². The number of benzene rings is 7. The zero-order chi connectivity index (χ0) is 71.9. The van der Waals surface area contributed by atoms with Crippen LogP contribution in [0.4, 0.5) is 0 Å². The maximum Gasteiger partial charge on any atom is 0.643 e. The average Bonchev–Trinajstić information content (AvgIpc) is 0.785. The molecule has 0 N–H and O–H groups in total. The van der Waals surface area contributed by atoms with E-state index in [-0.39, 0.29) is 31.7 Å². The van der Waals surface area contributed by atoms with Crippen LogP contribution in [-0.2, 0) is 89.9 Å². The molecule has 0 aliphatic heterocycles. The van der Waals surface area contributed by atoms with E-state index < -0.39 is 11.4 Å². The smallest absolute Gasteiger partial charge is 0.214 e. The Kier molecular flexibility index (Phi) is 27.0. The molecule has 0 fully saturated rings. The van der Waals surface area contributed by atoms with E-state index in [1.807, 2.05) is 6.07 Å². The van der Waals surface area contributed by atoms with Crippen LogP contribution in [-0.4, -0.2) is 71.2 Å². The SMILES string of the molecule is Clc1nc(-c2ccc3c(c2)CCCC3)nc(-c2ccc3c(c2)CCCC3)n1.Clc1nc(Cl)nc(-c2ccc3c(c2)CCCC3)n1.Clc1nc(Cl)nc(Cl)n1.[Cl][Al]([Cl])[Cl].c1cc2c(cc1-c1nc(-c3ccc4c(c3)CCCC4)nc(-c3ccc4c(c3)CCCC4)n1)CCCC2.c1ccc2c(c1)CCCC2. The third-order valence-electron chi connectivity index (χ3n) is 20.3. The number of aryl methyl sites for hydroxylation is 14. The number of hydrogen-bond donors (Lipinski definition) is 0. The van der Waals surface area contributed by atoms with Gasteiger partial charge < -0.3 is 0 Å². The summed E-state index contributed by atoms with van der Waals surface area (Å²) in [7, 11) is 14.8. The summed E-state index contributed by atoms with van der Waals surface area (Å²) in [6.45, 7) is 0. The fraction of sp³-hybridized carbons (Fsp3) is 0.341. The zero-order valence-electron chi connectivity index (χ0n) is 57.8. The lowest BCUT2D eigenvalue weighted by Crippen LogP contribution is -2.06. The lowest BCUT2D eigenvalue weighted by atomic mass is 9.90. The molecule has 4 aromatic heterocycles. The molecule has 7 aliphatic rings. The number of rotatable bonds is 6. The van der Waals surface area contributed by atoms with Crippen molar-refractivity contribution in [3.05, 3.63) is 243 Å². The standard InChI is InChI=1S/C33H33N3.C23H22ClN3.C13H11Cl2N3.C10H12.C3Cl3N3.Al.3ClH/c1-4-10-25-19-28(16-13-22(25)7-1)31-34-32(29-17-14-23-8-2-5-11-26(23)20-29)36-33(35-31)30-18-15-24-9-3-6-12-27(24)21-30;24-23-26-21(19-11-9-15-5-1-3-7-17(15)13-19)25-22(27-23)20-12-10-16-6-2-4-8-18(16)14-20;14-12-16-11(17-13(15)18-12)10-6-5-8-3-1-2-4-9(8)7-10;1-2-6-10-8-4-3-7-9(10)5-1;4-1-7-2(5)9-3(6)8-1;;;;/h13-21H,1-12H2;9-14H,1-8H2;5-7H,1-4H2;1-2,5-6H,3-4,7-8H2;;;3*1H/q;;;;;+3;;;/p-3. The molecule has 532 valence electrons. The second kappa shape index (κ2) is 37.0. The topological polar surface area (TPSA) is 155 Å². The highest BCUT2D eigenvalue weighted by Gasteiger charge is 2.22. The summed E-state index contributed by atoms with van der Waals surface area (Å²) < 4.78 is 0. The van der Waals surface area contributed by atoms with Gasteiger partial charge in [0.25, 0.3) is 0 Å². The highest BCUT2D eigenvalue weighted by Crippen LogP contribution is 2.36. The number of hydrogen-bond acceptors (Lipinski definition) is 12. The minimum atomic E-state index is -1.72. The maximum atomic E-state index is 6.27. The van der Waals surface area contributed by atoms with Crippen LogP contribution in [0.15, 0.2) is 133 Å². The van der Waals surface area contributed by atoms with Crippen molar-refractivity contribution < 1.29 is 0 Å². The minimum absolute atomic E-state index is 0.000000000000000444. The van der Waals surface area contributed by atoms with Crippen LogP contribution in [0.25, 0.3) is 68.3 Å². The molecule has 0 atom stereocenters. The Hall–Kier alpha value is -6.28. The molecule has 7 aliphatic carbocycles. The van der Waals surface area contributed by atoms with Crippen molar-refractivity contribution in [2.75, 3.05) is 0 Å². The monoisotopic (exact) mass is 1570 g/mol. The average molecular weight is 1580 g/mol. The van der Waals surface area contributed by atoms with Crippen molar-refractivity contribution >= 4 is 111 Å². The summed E-state index contributed by atoms with van der Waals surface area (Å²) in [4.78, 5) is 51.1. The number of aromatic nitrogens is 12. The highest BCUT2D eigenvalue weighted by molar-refractivity contribution is 7.54. The van der Waals surface area contributed by atoms with Crippen molar-refractivity contribution in [3.8, 4) is 68.3 Å². The number of nitrogens with zero attached hydrogens (tertiary/aromatic N) is 12. The van der Waals surface area contributed by atoms with Crippen LogP contribution >= 0.6 is 99.8 Å². The molecular formula is C82H78AlCl9N12.